The molecule has 0 radical (unpaired) electrons. The minimum absolute atomic E-state index is 0.00925. The van der Waals surface area contributed by atoms with E-state index < -0.39 is 29.6 Å². The van der Waals surface area contributed by atoms with Crippen LogP contribution in [0.4, 0.5) is 10.1 Å². The number of hydrogen-bond donors (Lipinski definition) is 2. The van der Waals surface area contributed by atoms with Crippen molar-refractivity contribution in [2.24, 2.45) is 0 Å². The number of ether oxygens (including phenoxy) is 2. The van der Waals surface area contributed by atoms with Gasteiger partial charge in [0.05, 0.1) is 23.4 Å². The van der Waals surface area contributed by atoms with Gasteiger partial charge in [0, 0.05) is 24.9 Å². The summed E-state index contributed by atoms with van der Waals surface area (Å²) in [5.41, 5.74) is 1.63. The fourth-order valence-corrected chi connectivity index (χ4v) is 4.88. The highest BCUT2D eigenvalue weighted by molar-refractivity contribution is 6.30. The van der Waals surface area contributed by atoms with Crippen LogP contribution in [-0.4, -0.2) is 69.7 Å². The Morgan fingerprint density at radius 2 is 1.86 bits per heavy atom. The molecule has 3 aromatic carbocycles. The first kappa shape index (κ1) is 28.7. The molecular weight excluding hydrogens is 569 g/mol. The Morgan fingerprint density at radius 1 is 1.10 bits per heavy atom. The lowest BCUT2D eigenvalue weighted by molar-refractivity contribution is -0.121. The van der Waals surface area contributed by atoms with Gasteiger partial charge < -0.3 is 24.8 Å². The summed E-state index contributed by atoms with van der Waals surface area (Å²) in [7, 11) is 1.56. The molecule has 0 saturated heterocycles. The maximum Gasteiger partial charge on any atom is 0.335 e. The van der Waals surface area contributed by atoms with E-state index in [1.807, 2.05) is 0 Å². The molecule has 2 N–H and O–H groups in total. The highest BCUT2D eigenvalue weighted by Gasteiger charge is 2.38. The molecule has 1 unspecified atom stereocenters. The summed E-state index contributed by atoms with van der Waals surface area (Å²) < 4.78 is 26.7. The van der Waals surface area contributed by atoms with Crippen LogP contribution >= 0.6 is 11.6 Å². The van der Waals surface area contributed by atoms with Gasteiger partial charge in [-0.3, -0.25) is 9.59 Å². The molecule has 1 atom stereocenters. The minimum atomic E-state index is -1.10. The topological polar surface area (TPSA) is 136 Å². The number of aromatic carboxylic acids is 1. The van der Waals surface area contributed by atoms with Gasteiger partial charge in [-0.2, -0.15) is 0 Å². The fourth-order valence-electron chi connectivity index (χ4n) is 4.71. The average molecular weight is 594 g/mol. The second-order valence-electron chi connectivity index (χ2n) is 9.31. The number of fused-ring (bicyclic) bond motifs is 1. The quantitative estimate of drug-likeness (QED) is 0.276. The molecule has 216 valence electrons. The minimum Gasteiger partial charge on any atom is -0.491 e. The van der Waals surface area contributed by atoms with Crippen molar-refractivity contribution in [2.75, 3.05) is 32.2 Å². The fraction of sp³-hybridized carbons (Fsp3) is 0.207. The van der Waals surface area contributed by atoms with E-state index in [2.05, 4.69) is 15.6 Å². The Balaban J connectivity index is 1.49. The summed E-state index contributed by atoms with van der Waals surface area (Å²) in [6.45, 7) is 0.809. The molecule has 0 fully saturated rings. The van der Waals surface area contributed by atoms with Crippen LogP contribution < -0.4 is 10.1 Å². The van der Waals surface area contributed by atoms with Crippen molar-refractivity contribution in [3.8, 4) is 11.4 Å². The molecular formula is C29H25ClFN5O6. The second kappa shape index (κ2) is 12.4. The molecule has 0 saturated carbocycles. The molecule has 0 bridgehead atoms. The average Bonchev–Trinajstić information content (AvgIpc) is 3.48. The monoisotopic (exact) mass is 593 g/mol. The predicted octanol–water partition coefficient (Wildman–Crippen LogP) is 4.16. The molecule has 0 aliphatic carbocycles. The molecule has 5 rings (SSSR count). The van der Waals surface area contributed by atoms with Crippen LogP contribution in [0.1, 0.15) is 38.0 Å². The SMILES string of the molecule is COCCOc1cccc2c1CCN(C(=O)c1cn(-c3cccc(Cl)c3F)nn1)C2C(=O)Nc1ccc(C(=O)O)cc1. The second-order valence-corrected chi connectivity index (χ2v) is 9.72. The lowest BCUT2D eigenvalue weighted by atomic mass is 9.90. The van der Waals surface area contributed by atoms with Gasteiger partial charge in [0.2, 0.25) is 0 Å². The van der Waals surface area contributed by atoms with Gasteiger partial charge >= 0.3 is 5.97 Å². The van der Waals surface area contributed by atoms with E-state index in [1.54, 1.807) is 31.4 Å². The molecule has 1 aromatic heterocycles. The molecule has 13 heteroatoms. The van der Waals surface area contributed by atoms with Crippen molar-refractivity contribution in [2.45, 2.75) is 12.5 Å². The molecule has 42 heavy (non-hydrogen) atoms. The number of rotatable bonds is 9. The molecule has 2 heterocycles. The Hall–Kier alpha value is -4.81. The van der Waals surface area contributed by atoms with Crippen LogP contribution in [-0.2, 0) is 16.0 Å². The standard InChI is InChI=1S/C29H25ClFN5O6/c1-41-14-15-42-24-7-2-4-20-19(24)12-13-35(26(20)27(37)32-18-10-8-17(9-11-18)29(39)40)28(38)22-16-36(34-33-22)23-6-3-5-21(30)25(23)31/h2-11,16,26H,12-15H2,1H3,(H,32,37)(H,39,40). The van der Waals surface area contributed by atoms with Gasteiger partial charge in [-0.05, 0) is 54.4 Å². The number of nitrogens with zero attached hydrogens (tertiary/aromatic N) is 4. The van der Waals surface area contributed by atoms with Crippen LogP contribution in [0.3, 0.4) is 0 Å². The Morgan fingerprint density at radius 3 is 2.60 bits per heavy atom. The van der Waals surface area contributed by atoms with Crippen LogP contribution in [0.15, 0.2) is 66.9 Å². The van der Waals surface area contributed by atoms with Gasteiger partial charge in [-0.1, -0.05) is 35.0 Å². The largest absolute Gasteiger partial charge is 0.491 e. The summed E-state index contributed by atoms with van der Waals surface area (Å²) >= 11 is 5.90. The zero-order valence-electron chi connectivity index (χ0n) is 22.3. The van der Waals surface area contributed by atoms with E-state index in [-0.39, 0.29) is 28.5 Å². The Bertz CT molecular complexity index is 1640. The number of hydrogen-bond acceptors (Lipinski definition) is 7. The van der Waals surface area contributed by atoms with Crippen LogP contribution in [0.25, 0.3) is 5.69 Å². The highest BCUT2D eigenvalue weighted by atomic mass is 35.5. The molecule has 0 spiro atoms. The number of halogens is 2. The molecule has 2 amide bonds. The normalized spacial score (nSPS) is 14.3. The third-order valence-corrected chi connectivity index (χ3v) is 7.01. The molecule has 1 aliphatic rings. The summed E-state index contributed by atoms with van der Waals surface area (Å²) in [4.78, 5) is 40.2. The smallest absolute Gasteiger partial charge is 0.335 e. The first-order valence-electron chi connectivity index (χ1n) is 12.8. The van der Waals surface area contributed by atoms with E-state index in [9.17, 15) is 23.9 Å². The first-order chi connectivity index (χ1) is 20.3. The summed E-state index contributed by atoms with van der Waals surface area (Å²) in [6, 6.07) is 14.2. The summed E-state index contributed by atoms with van der Waals surface area (Å²) in [5, 5.41) is 19.7. The van der Waals surface area contributed by atoms with Crippen LogP contribution in [0.2, 0.25) is 5.02 Å². The van der Waals surface area contributed by atoms with E-state index in [1.165, 1.54) is 47.5 Å². The number of benzene rings is 3. The Labute approximate surface area is 244 Å². The van der Waals surface area contributed by atoms with Gasteiger partial charge in [-0.15, -0.1) is 5.10 Å². The van der Waals surface area contributed by atoms with Crippen LogP contribution in [0, 0.1) is 5.82 Å². The number of carbonyl (C=O) groups is 3. The number of anilines is 1. The number of amides is 2. The van der Waals surface area contributed by atoms with Crippen molar-refractivity contribution in [1.82, 2.24) is 19.9 Å². The number of nitrogens with one attached hydrogen (secondary N) is 1. The van der Waals surface area contributed by atoms with E-state index in [0.29, 0.717) is 36.6 Å². The van der Waals surface area contributed by atoms with Gasteiger partial charge in [0.15, 0.2) is 11.5 Å². The number of carboxylic acids is 1. The third kappa shape index (κ3) is 5.80. The number of carboxylic acid groups (broad SMARTS) is 1. The van der Waals surface area contributed by atoms with E-state index in [4.69, 9.17) is 21.1 Å². The third-order valence-electron chi connectivity index (χ3n) is 6.72. The number of methoxy groups -OCH3 is 1. The van der Waals surface area contributed by atoms with Crippen molar-refractivity contribution in [3.05, 3.63) is 100 Å². The lowest BCUT2D eigenvalue weighted by Crippen LogP contribution is -2.45. The van der Waals surface area contributed by atoms with Gasteiger partial charge in [0.25, 0.3) is 11.8 Å². The summed E-state index contributed by atoms with van der Waals surface area (Å²) in [5.74, 6) is -2.38. The maximum atomic E-state index is 14.6. The number of aromatic nitrogens is 3. The van der Waals surface area contributed by atoms with E-state index in [0.717, 1.165) is 10.2 Å². The van der Waals surface area contributed by atoms with Gasteiger partial charge in [0.1, 0.15) is 24.1 Å². The highest BCUT2D eigenvalue weighted by Crippen LogP contribution is 2.37. The van der Waals surface area contributed by atoms with E-state index >= 15 is 0 Å². The maximum absolute atomic E-state index is 14.6. The zero-order valence-corrected chi connectivity index (χ0v) is 23.0. The molecule has 1 aliphatic heterocycles. The first-order valence-corrected chi connectivity index (χ1v) is 13.2. The van der Waals surface area contributed by atoms with Crippen molar-refractivity contribution in [3.63, 3.8) is 0 Å². The van der Waals surface area contributed by atoms with Crippen molar-refractivity contribution < 1.29 is 33.4 Å². The van der Waals surface area contributed by atoms with Gasteiger partial charge in [-0.25, -0.2) is 13.9 Å². The predicted molar refractivity (Wildman–Crippen MR) is 150 cm³/mol. The molecule has 4 aromatic rings. The number of carbonyl (C=O) groups excluding carboxylic acids is 2. The summed E-state index contributed by atoms with van der Waals surface area (Å²) in [6.07, 6.45) is 1.66. The lowest BCUT2D eigenvalue weighted by Gasteiger charge is -2.36. The van der Waals surface area contributed by atoms with Crippen molar-refractivity contribution >= 4 is 35.1 Å². The molecule has 11 nitrogen and oxygen atoms in total. The van der Waals surface area contributed by atoms with Crippen molar-refractivity contribution in [1.29, 1.82) is 0 Å². The Kier molecular flexibility index (Phi) is 8.46. The zero-order chi connectivity index (χ0) is 29.8. The van der Waals surface area contributed by atoms with Crippen LogP contribution in [0.5, 0.6) is 5.75 Å².